The summed E-state index contributed by atoms with van der Waals surface area (Å²) in [6.45, 7) is 7.81. The van der Waals surface area contributed by atoms with Crippen LogP contribution in [0.2, 0.25) is 0 Å². The van der Waals surface area contributed by atoms with Crippen molar-refractivity contribution in [3.8, 4) is 0 Å². The number of carbonyl (C=O) groups is 1. The number of esters is 1. The maximum Gasteiger partial charge on any atom is 0.334 e. The standard InChI is InChI=1S/C13H17NO2S/c1-4-16-13(15)10(3)8-17-11-7-5-6-9(2)12(11)14/h5-7H,3-4,8,14H2,1-2H3. The predicted molar refractivity (Wildman–Crippen MR) is 72.1 cm³/mol. The molecule has 1 rings (SSSR count). The van der Waals surface area contributed by atoms with E-state index in [9.17, 15) is 4.79 Å². The highest BCUT2D eigenvalue weighted by atomic mass is 32.2. The van der Waals surface area contributed by atoms with Crippen molar-refractivity contribution >= 4 is 23.4 Å². The number of hydrogen-bond donors (Lipinski definition) is 1. The van der Waals surface area contributed by atoms with Gasteiger partial charge in [0.15, 0.2) is 0 Å². The Morgan fingerprint density at radius 2 is 2.24 bits per heavy atom. The summed E-state index contributed by atoms with van der Waals surface area (Å²) in [6, 6.07) is 5.84. The third-order valence-corrected chi connectivity index (χ3v) is 3.41. The molecule has 0 aromatic heterocycles. The summed E-state index contributed by atoms with van der Waals surface area (Å²) in [6.07, 6.45) is 0. The highest BCUT2D eigenvalue weighted by Gasteiger charge is 2.09. The maximum absolute atomic E-state index is 11.3. The van der Waals surface area contributed by atoms with Gasteiger partial charge in [-0.1, -0.05) is 18.7 Å². The molecule has 0 bridgehead atoms. The molecule has 4 heteroatoms. The van der Waals surface area contributed by atoms with E-state index in [0.717, 1.165) is 16.1 Å². The lowest BCUT2D eigenvalue weighted by molar-refractivity contribution is -0.138. The Labute approximate surface area is 106 Å². The Morgan fingerprint density at radius 3 is 2.88 bits per heavy atom. The molecule has 2 N–H and O–H groups in total. The molecule has 0 spiro atoms. The fourth-order valence-electron chi connectivity index (χ4n) is 1.24. The van der Waals surface area contributed by atoms with Gasteiger partial charge in [0.05, 0.1) is 6.61 Å². The van der Waals surface area contributed by atoms with E-state index in [4.69, 9.17) is 10.5 Å². The van der Waals surface area contributed by atoms with Gasteiger partial charge in [-0.15, -0.1) is 11.8 Å². The molecule has 92 valence electrons. The van der Waals surface area contributed by atoms with Gasteiger partial charge < -0.3 is 10.5 Å². The fourth-order valence-corrected chi connectivity index (χ4v) is 2.18. The molecule has 3 nitrogen and oxygen atoms in total. The lowest BCUT2D eigenvalue weighted by Gasteiger charge is -2.08. The molecule has 0 amide bonds. The van der Waals surface area contributed by atoms with Gasteiger partial charge in [-0.05, 0) is 25.5 Å². The number of anilines is 1. The summed E-state index contributed by atoms with van der Waals surface area (Å²) in [4.78, 5) is 12.3. The van der Waals surface area contributed by atoms with Crippen LogP contribution in [0.1, 0.15) is 12.5 Å². The molecule has 0 unspecified atom stereocenters. The van der Waals surface area contributed by atoms with E-state index >= 15 is 0 Å². The number of benzene rings is 1. The van der Waals surface area contributed by atoms with Crippen molar-refractivity contribution in [1.82, 2.24) is 0 Å². The molecule has 1 aromatic carbocycles. The second-order valence-corrected chi connectivity index (χ2v) is 4.62. The van der Waals surface area contributed by atoms with Crippen LogP contribution in [-0.2, 0) is 9.53 Å². The molecule has 0 saturated heterocycles. The molecule has 0 radical (unpaired) electrons. The van der Waals surface area contributed by atoms with Gasteiger partial charge in [0.2, 0.25) is 0 Å². The normalized spacial score (nSPS) is 10.0. The SMILES string of the molecule is C=C(CSc1cccc(C)c1N)C(=O)OCC. The minimum Gasteiger partial charge on any atom is -0.463 e. The first-order valence-electron chi connectivity index (χ1n) is 5.39. The van der Waals surface area contributed by atoms with Crippen LogP contribution in [-0.4, -0.2) is 18.3 Å². The number of rotatable bonds is 5. The maximum atomic E-state index is 11.3. The van der Waals surface area contributed by atoms with Gasteiger partial charge in [0, 0.05) is 21.9 Å². The van der Waals surface area contributed by atoms with Crippen LogP contribution in [0.15, 0.2) is 35.2 Å². The minimum atomic E-state index is -0.341. The van der Waals surface area contributed by atoms with E-state index in [1.165, 1.54) is 11.8 Å². The van der Waals surface area contributed by atoms with Crippen LogP contribution >= 0.6 is 11.8 Å². The number of carbonyl (C=O) groups excluding carboxylic acids is 1. The van der Waals surface area contributed by atoms with Crippen molar-refractivity contribution in [3.05, 3.63) is 35.9 Å². The van der Waals surface area contributed by atoms with Crippen LogP contribution in [0.5, 0.6) is 0 Å². The number of ether oxygens (including phenoxy) is 1. The first-order chi connectivity index (χ1) is 8.06. The van der Waals surface area contributed by atoms with Gasteiger partial charge in [-0.3, -0.25) is 0 Å². The lowest BCUT2D eigenvalue weighted by atomic mass is 10.2. The van der Waals surface area contributed by atoms with Crippen LogP contribution < -0.4 is 5.73 Å². The third-order valence-electron chi connectivity index (χ3n) is 2.25. The van der Waals surface area contributed by atoms with E-state index in [1.54, 1.807) is 6.92 Å². The molecule has 0 atom stereocenters. The summed E-state index contributed by atoms with van der Waals surface area (Å²) in [5.41, 5.74) is 8.19. The van der Waals surface area contributed by atoms with Crippen molar-refractivity contribution in [2.45, 2.75) is 18.7 Å². The minimum absolute atomic E-state index is 0.341. The van der Waals surface area contributed by atoms with Crippen molar-refractivity contribution in [3.63, 3.8) is 0 Å². The van der Waals surface area contributed by atoms with Gasteiger partial charge in [-0.25, -0.2) is 4.79 Å². The zero-order valence-corrected chi connectivity index (χ0v) is 11.0. The number of hydrogen-bond acceptors (Lipinski definition) is 4. The van der Waals surface area contributed by atoms with E-state index in [2.05, 4.69) is 6.58 Å². The molecule has 17 heavy (non-hydrogen) atoms. The Kier molecular flexibility index (Phi) is 5.10. The summed E-state index contributed by atoms with van der Waals surface area (Å²) < 4.78 is 4.86. The highest BCUT2D eigenvalue weighted by molar-refractivity contribution is 7.99. The van der Waals surface area contributed by atoms with Crippen molar-refractivity contribution in [2.75, 3.05) is 18.1 Å². The smallest absolute Gasteiger partial charge is 0.334 e. The van der Waals surface area contributed by atoms with E-state index < -0.39 is 0 Å². The van der Waals surface area contributed by atoms with Gasteiger partial charge in [0.1, 0.15) is 0 Å². The number of para-hydroxylation sites is 1. The number of thioether (sulfide) groups is 1. The first-order valence-corrected chi connectivity index (χ1v) is 6.37. The molecule has 1 aromatic rings. The molecular formula is C13H17NO2S. The highest BCUT2D eigenvalue weighted by Crippen LogP contribution is 2.28. The Bertz CT molecular complexity index is 429. The van der Waals surface area contributed by atoms with Crippen LogP contribution in [0.25, 0.3) is 0 Å². The fraction of sp³-hybridized carbons (Fsp3) is 0.308. The van der Waals surface area contributed by atoms with Gasteiger partial charge in [-0.2, -0.15) is 0 Å². The van der Waals surface area contributed by atoms with Crippen molar-refractivity contribution in [2.24, 2.45) is 0 Å². The third kappa shape index (κ3) is 3.82. The Hall–Kier alpha value is -1.42. The zero-order valence-electron chi connectivity index (χ0n) is 10.2. The number of aryl methyl sites for hydroxylation is 1. The monoisotopic (exact) mass is 251 g/mol. The van der Waals surface area contributed by atoms with E-state index in [1.807, 2.05) is 25.1 Å². The van der Waals surface area contributed by atoms with Crippen molar-refractivity contribution < 1.29 is 9.53 Å². The summed E-state index contributed by atoms with van der Waals surface area (Å²) in [5, 5.41) is 0. The largest absolute Gasteiger partial charge is 0.463 e. The van der Waals surface area contributed by atoms with Crippen LogP contribution in [0.4, 0.5) is 5.69 Å². The quantitative estimate of drug-likeness (QED) is 0.378. The van der Waals surface area contributed by atoms with Gasteiger partial charge in [0.25, 0.3) is 0 Å². The average Bonchev–Trinajstić information content (AvgIpc) is 2.31. The first kappa shape index (κ1) is 13.6. The molecule has 0 aliphatic rings. The Morgan fingerprint density at radius 1 is 1.53 bits per heavy atom. The summed E-state index contributed by atoms with van der Waals surface area (Å²) >= 11 is 1.50. The second kappa shape index (κ2) is 6.35. The number of nitrogens with two attached hydrogens (primary N) is 1. The lowest BCUT2D eigenvalue weighted by Crippen LogP contribution is -2.08. The van der Waals surface area contributed by atoms with E-state index in [-0.39, 0.29) is 5.97 Å². The zero-order chi connectivity index (χ0) is 12.8. The van der Waals surface area contributed by atoms with Crippen LogP contribution in [0.3, 0.4) is 0 Å². The van der Waals surface area contributed by atoms with Crippen molar-refractivity contribution in [1.29, 1.82) is 0 Å². The molecule has 0 heterocycles. The topological polar surface area (TPSA) is 52.3 Å². The summed E-state index contributed by atoms with van der Waals surface area (Å²) in [7, 11) is 0. The second-order valence-electron chi connectivity index (χ2n) is 3.60. The average molecular weight is 251 g/mol. The summed E-state index contributed by atoms with van der Waals surface area (Å²) in [5.74, 6) is 0.151. The number of nitrogen functional groups attached to an aromatic ring is 1. The predicted octanol–water partition coefficient (Wildman–Crippen LogP) is 2.79. The molecule has 0 fully saturated rings. The molecule has 0 saturated carbocycles. The molecular weight excluding hydrogens is 234 g/mol. The Balaban J connectivity index is 2.59. The van der Waals surface area contributed by atoms with E-state index in [0.29, 0.717) is 17.9 Å². The molecule has 0 aliphatic carbocycles. The van der Waals surface area contributed by atoms with Crippen LogP contribution in [0, 0.1) is 6.92 Å². The van der Waals surface area contributed by atoms with Gasteiger partial charge >= 0.3 is 5.97 Å². The molecule has 0 aliphatic heterocycles.